The number of nitrogens with zero attached hydrogens (tertiary/aromatic N) is 1. The number of ether oxygens (including phenoxy) is 1. The summed E-state index contributed by atoms with van der Waals surface area (Å²) < 4.78 is 5.16. The van der Waals surface area contributed by atoms with Gasteiger partial charge in [0.05, 0.1) is 6.54 Å². The first-order chi connectivity index (χ1) is 6.45. The lowest BCUT2D eigenvalue weighted by Gasteiger charge is -2.01. The van der Waals surface area contributed by atoms with Gasteiger partial charge in [-0.1, -0.05) is 20.4 Å². The average Bonchev–Trinajstić information content (AvgIpc) is 2.56. The van der Waals surface area contributed by atoms with E-state index in [9.17, 15) is 4.79 Å². The van der Waals surface area contributed by atoms with Crippen LogP contribution in [0.3, 0.4) is 0 Å². The number of carboxylic acid groups (broad SMARTS) is 1. The lowest BCUT2D eigenvalue weighted by molar-refractivity contribution is -0.132. The van der Waals surface area contributed by atoms with Crippen molar-refractivity contribution in [1.29, 1.82) is 0 Å². The van der Waals surface area contributed by atoms with Gasteiger partial charge in [0.25, 0.3) is 0 Å². The van der Waals surface area contributed by atoms with E-state index in [1.807, 2.05) is 0 Å². The highest BCUT2D eigenvalue weighted by Gasteiger charge is 2.09. The molecule has 1 aliphatic rings. The van der Waals surface area contributed by atoms with Crippen LogP contribution in [0.5, 0.6) is 0 Å². The monoisotopic (exact) mass is 199 g/mol. The molecule has 0 radical (unpaired) electrons. The van der Waals surface area contributed by atoms with E-state index in [4.69, 9.17) is 9.84 Å². The number of aliphatic imine (C=N–C) groups is 1. The molecule has 0 spiro atoms. The Balaban J connectivity index is 0.000000255. The molecule has 0 aromatic heterocycles. The Labute approximate surface area is 84.3 Å². The second-order valence-electron chi connectivity index (χ2n) is 3.31. The summed E-state index contributed by atoms with van der Waals surface area (Å²) in [5.74, 6) is 0.456. The van der Waals surface area contributed by atoms with Crippen LogP contribution in [0.15, 0.2) is 17.1 Å². The summed E-state index contributed by atoms with van der Waals surface area (Å²) >= 11 is 0. The normalized spacial score (nSPS) is 13.9. The fourth-order valence-corrected chi connectivity index (χ4v) is 0.701. The van der Waals surface area contributed by atoms with Gasteiger partial charge in [-0.15, -0.1) is 0 Å². The van der Waals surface area contributed by atoms with Gasteiger partial charge in [-0.2, -0.15) is 0 Å². The number of carboxylic acids is 1. The van der Waals surface area contributed by atoms with Crippen molar-refractivity contribution in [1.82, 2.24) is 0 Å². The Kier molecular flexibility index (Phi) is 5.60. The summed E-state index contributed by atoms with van der Waals surface area (Å²) in [6.07, 6.45) is 0. The molecule has 80 valence electrons. The minimum absolute atomic E-state index is 0.176. The molecule has 0 aromatic carbocycles. The molecule has 14 heavy (non-hydrogen) atoms. The fourth-order valence-electron chi connectivity index (χ4n) is 0.701. The van der Waals surface area contributed by atoms with Crippen LogP contribution in [0.1, 0.15) is 20.8 Å². The van der Waals surface area contributed by atoms with Crippen molar-refractivity contribution in [3.63, 3.8) is 0 Å². The summed E-state index contributed by atoms with van der Waals surface area (Å²) in [6, 6.07) is 0. The molecule has 0 aromatic rings. The van der Waals surface area contributed by atoms with E-state index >= 15 is 0 Å². The van der Waals surface area contributed by atoms with E-state index in [2.05, 4.69) is 25.4 Å². The maximum atomic E-state index is 9.60. The van der Waals surface area contributed by atoms with Crippen molar-refractivity contribution < 1.29 is 14.6 Å². The maximum Gasteiger partial charge on any atom is 0.330 e. The Morgan fingerprint density at radius 3 is 2.29 bits per heavy atom. The molecule has 0 atom stereocenters. The van der Waals surface area contributed by atoms with Crippen molar-refractivity contribution in [3.05, 3.63) is 12.2 Å². The van der Waals surface area contributed by atoms with Crippen LogP contribution in [0.2, 0.25) is 0 Å². The highest BCUT2D eigenvalue weighted by Crippen LogP contribution is 2.03. The van der Waals surface area contributed by atoms with E-state index in [0.717, 1.165) is 19.0 Å². The first-order valence-corrected chi connectivity index (χ1v) is 4.51. The number of hydrogen-bond acceptors (Lipinski definition) is 3. The molecule has 4 heteroatoms. The molecule has 0 aliphatic carbocycles. The van der Waals surface area contributed by atoms with Crippen LogP contribution in [-0.4, -0.2) is 30.1 Å². The molecule has 0 amide bonds. The molecule has 0 saturated carbocycles. The number of hydrogen-bond donors (Lipinski definition) is 1. The smallest absolute Gasteiger partial charge is 0.330 e. The van der Waals surface area contributed by atoms with Gasteiger partial charge in [0, 0.05) is 11.5 Å². The third-order valence-electron chi connectivity index (χ3n) is 1.47. The van der Waals surface area contributed by atoms with Crippen LogP contribution in [0.25, 0.3) is 0 Å². The first-order valence-electron chi connectivity index (χ1n) is 4.51. The van der Waals surface area contributed by atoms with Gasteiger partial charge in [0.1, 0.15) is 6.61 Å². The SMILES string of the molecule is C=C(C)C(=O)O.CC(C)C1=NCCO1. The summed E-state index contributed by atoms with van der Waals surface area (Å²) in [4.78, 5) is 13.7. The molecule has 1 rings (SSSR count). The molecular weight excluding hydrogens is 182 g/mol. The van der Waals surface area contributed by atoms with E-state index in [1.165, 1.54) is 6.92 Å². The molecule has 0 saturated heterocycles. The van der Waals surface area contributed by atoms with Crippen molar-refractivity contribution in [3.8, 4) is 0 Å². The average molecular weight is 199 g/mol. The summed E-state index contributed by atoms with van der Waals surface area (Å²) in [6.45, 7) is 10.4. The van der Waals surface area contributed by atoms with Crippen LogP contribution in [0, 0.1) is 5.92 Å². The van der Waals surface area contributed by atoms with Crippen molar-refractivity contribution in [2.45, 2.75) is 20.8 Å². The van der Waals surface area contributed by atoms with Crippen LogP contribution in [-0.2, 0) is 9.53 Å². The lowest BCUT2D eigenvalue weighted by Crippen LogP contribution is -2.06. The highest BCUT2D eigenvalue weighted by molar-refractivity contribution is 5.84. The third kappa shape index (κ3) is 5.35. The standard InChI is InChI=1S/C6H11NO.C4H6O2/c1-5(2)6-7-3-4-8-6;1-3(2)4(5)6/h5H,3-4H2,1-2H3;1H2,2H3,(H,5,6). The van der Waals surface area contributed by atoms with Gasteiger partial charge in [0.15, 0.2) is 5.90 Å². The maximum absolute atomic E-state index is 9.60. The number of carbonyl (C=O) groups is 1. The van der Waals surface area contributed by atoms with E-state index in [1.54, 1.807) is 0 Å². The fraction of sp³-hybridized carbons (Fsp3) is 0.600. The van der Waals surface area contributed by atoms with Crippen LogP contribution < -0.4 is 0 Å². The third-order valence-corrected chi connectivity index (χ3v) is 1.47. The molecule has 0 unspecified atom stereocenters. The minimum atomic E-state index is -0.935. The van der Waals surface area contributed by atoms with Gasteiger partial charge >= 0.3 is 5.97 Å². The van der Waals surface area contributed by atoms with Gasteiger partial charge < -0.3 is 9.84 Å². The quantitative estimate of drug-likeness (QED) is 0.689. The zero-order valence-corrected chi connectivity index (χ0v) is 8.91. The Morgan fingerprint density at radius 2 is 2.14 bits per heavy atom. The molecule has 0 bridgehead atoms. The van der Waals surface area contributed by atoms with Gasteiger partial charge in [-0.3, -0.25) is 4.99 Å². The Hall–Kier alpha value is -1.32. The molecule has 4 nitrogen and oxygen atoms in total. The lowest BCUT2D eigenvalue weighted by atomic mass is 10.2. The van der Waals surface area contributed by atoms with Crippen molar-refractivity contribution in [2.75, 3.05) is 13.2 Å². The van der Waals surface area contributed by atoms with E-state index in [-0.39, 0.29) is 5.57 Å². The van der Waals surface area contributed by atoms with Crippen LogP contribution >= 0.6 is 0 Å². The summed E-state index contributed by atoms with van der Waals surface area (Å²) in [7, 11) is 0. The Bertz CT molecular complexity index is 232. The molecule has 1 aliphatic heterocycles. The topological polar surface area (TPSA) is 58.9 Å². The minimum Gasteiger partial charge on any atom is -0.479 e. The van der Waals surface area contributed by atoms with Crippen molar-refractivity contribution in [2.24, 2.45) is 10.9 Å². The zero-order valence-electron chi connectivity index (χ0n) is 8.91. The zero-order chi connectivity index (χ0) is 11.1. The second kappa shape index (κ2) is 6.18. The molecule has 1 heterocycles. The van der Waals surface area contributed by atoms with Gasteiger partial charge in [0.2, 0.25) is 0 Å². The summed E-state index contributed by atoms with van der Waals surface area (Å²) in [5, 5.41) is 7.89. The van der Waals surface area contributed by atoms with Gasteiger partial charge in [-0.05, 0) is 6.92 Å². The molecule has 0 fully saturated rings. The number of aliphatic carboxylic acids is 1. The first kappa shape index (κ1) is 12.7. The predicted octanol–water partition coefficient (Wildman–Crippen LogP) is 1.72. The van der Waals surface area contributed by atoms with E-state index < -0.39 is 5.97 Å². The molecule has 1 N–H and O–H groups in total. The van der Waals surface area contributed by atoms with E-state index in [0.29, 0.717) is 5.92 Å². The van der Waals surface area contributed by atoms with Crippen LogP contribution in [0.4, 0.5) is 0 Å². The molecular formula is C10H17NO3. The highest BCUT2D eigenvalue weighted by atomic mass is 16.5. The van der Waals surface area contributed by atoms with Crippen molar-refractivity contribution >= 4 is 11.9 Å². The number of rotatable bonds is 2. The summed E-state index contributed by atoms with van der Waals surface area (Å²) in [5.41, 5.74) is 0.176. The largest absolute Gasteiger partial charge is 0.479 e. The second-order valence-corrected chi connectivity index (χ2v) is 3.31. The predicted molar refractivity (Wildman–Crippen MR) is 55.5 cm³/mol. The Morgan fingerprint density at radius 1 is 1.64 bits per heavy atom. The van der Waals surface area contributed by atoms with Gasteiger partial charge in [-0.25, -0.2) is 4.79 Å².